The predicted molar refractivity (Wildman–Crippen MR) is 96.3 cm³/mol. The van der Waals surface area contributed by atoms with Crippen LogP contribution >= 0.6 is 11.6 Å². The van der Waals surface area contributed by atoms with Crippen LogP contribution in [0.4, 0.5) is 0 Å². The Morgan fingerprint density at radius 3 is 2.64 bits per heavy atom. The minimum atomic E-state index is -1.33. The van der Waals surface area contributed by atoms with Gasteiger partial charge >= 0.3 is 5.97 Å². The summed E-state index contributed by atoms with van der Waals surface area (Å²) in [5.41, 5.74) is 2.18. The minimum absolute atomic E-state index is 0.155. The molecule has 1 unspecified atom stereocenters. The number of halogens is 1. The van der Waals surface area contributed by atoms with Gasteiger partial charge in [0.25, 0.3) is 0 Å². The molecule has 1 atom stereocenters. The Morgan fingerprint density at radius 2 is 1.96 bits per heavy atom. The fourth-order valence-electron chi connectivity index (χ4n) is 2.83. The van der Waals surface area contributed by atoms with E-state index in [1.807, 2.05) is 19.9 Å². The molecule has 0 amide bonds. The number of aliphatic carboxylic acids is 1. The number of hydrogen-bond donors (Lipinski definition) is 2. The van der Waals surface area contributed by atoms with Gasteiger partial charge in [0.15, 0.2) is 5.78 Å². The van der Waals surface area contributed by atoms with Gasteiger partial charge in [0.2, 0.25) is 0 Å². The van der Waals surface area contributed by atoms with Crippen molar-refractivity contribution in [1.29, 1.82) is 0 Å². The van der Waals surface area contributed by atoms with Crippen LogP contribution < -0.4 is 0 Å². The van der Waals surface area contributed by atoms with Crippen LogP contribution in [0.2, 0.25) is 5.02 Å². The van der Waals surface area contributed by atoms with E-state index in [1.54, 1.807) is 30.5 Å². The van der Waals surface area contributed by atoms with Gasteiger partial charge in [0.1, 0.15) is 11.6 Å². The monoisotopic (exact) mass is 356 g/mol. The summed E-state index contributed by atoms with van der Waals surface area (Å²) in [4.78, 5) is 31.8. The molecule has 128 valence electrons. The molecule has 3 aromatic rings. The standard InChI is InChI=1S/C19H17ClN2O3/c1-10(2)11-5-6-21-16(7-11)18(23)17(19(24)25)14-9-22-15-8-12(20)3-4-13(14)15/h3-10,17,22H,1-2H3,(H,24,25). The number of aromatic nitrogens is 2. The summed E-state index contributed by atoms with van der Waals surface area (Å²) in [6, 6.07) is 8.56. The first kappa shape index (κ1) is 17.2. The average Bonchev–Trinajstić information content (AvgIpc) is 2.97. The van der Waals surface area contributed by atoms with E-state index in [1.165, 1.54) is 6.20 Å². The first-order chi connectivity index (χ1) is 11.9. The van der Waals surface area contributed by atoms with Crippen molar-refractivity contribution < 1.29 is 14.7 Å². The van der Waals surface area contributed by atoms with Crippen LogP contribution in [0.25, 0.3) is 10.9 Å². The normalized spacial score (nSPS) is 12.5. The highest BCUT2D eigenvalue weighted by molar-refractivity contribution is 6.31. The van der Waals surface area contributed by atoms with Crippen LogP contribution in [0.3, 0.4) is 0 Å². The number of rotatable bonds is 5. The Bertz CT molecular complexity index is 962. The topological polar surface area (TPSA) is 83.1 Å². The first-order valence-electron chi connectivity index (χ1n) is 7.88. The lowest BCUT2D eigenvalue weighted by Crippen LogP contribution is -2.22. The van der Waals surface area contributed by atoms with E-state index >= 15 is 0 Å². The van der Waals surface area contributed by atoms with Crippen molar-refractivity contribution in [3.63, 3.8) is 0 Å². The number of nitrogens with one attached hydrogen (secondary N) is 1. The van der Waals surface area contributed by atoms with Crippen LogP contribution in [0.15, 0.2) is 42.7 Å². The molecule has 5 nitrogen and oxygen atoms in total. The molecular weight excluding hydrogens is 340 g/mol. The number of nitrogens with zero attached hydrogens (tertiary/aromatic N) is 1. The van der Waals surface area contributed by atoms with Crippen LogP contribution in [-0.4, -0.2) is 26.8 Å². The van der Waals surface area contributed by atoms with E-state index in [0.29, 0.717) is 21.5 Å². The number of H-pyrrole nitrogens is 1. The second-order valence-electron chi connectivity index (χ2n) is 6.20. The molecule has 0 spiro atoms. The molecule has 1 aromatic carbocycles. The molecule has 0 fully saturated rings. The third-order valence-electron chi connectivity index (χ3n) is 4.20. The lowest BCUT2D eigenvalue weighted by Gasteiger charge is -2.12. The average molecular weight is 357 g/mol. The Kier molecular flexibility index (Phi) is 4.59. The molecule has 2 aromatic heterocycles. The molecule has 0 aliphatic carbocycles. The number of ketones is 1. The third-order valence-corrected chi connectivity index (χ3v) is 4.43. The van der Waals surface area contributed by atoms with Crippen molar-refractivity contribution in [2.24, 2.45) is 0 Å². The number of benzene rings is 1. The molecule has 0 saturated carbocycles. The van der Waals surface area contributed by atoms with E-state index in [9.17, 15) is 14.7 Å². The maximum atomic E-state index is 12.9. The molecule has 2 heterocycles. The zero-order valence-corrected chi connectivity index (χ0v) is 14.5. The molecule has 3 rings (SSSR count). The largest absolute Gasteiger partial charge is 0.480 e. The molecular formula is C19H17ClN2O3. The summed E-state index contributed by atoms with van der Waals surface area (Å²) in [5.74, 6) is -2.86. The quantitative estimate of drug-likeness (QED) is 0.524. The highest BCUT2D eigenvalue weighted by Crippen LogP contribution is 2.30. The summed E-state index contributed by atoms with van der Waals surface area (Å²) >= 11 is 5.96. The molecule has 0 radical (unpaired) electrons. The molecule has 0 bridgehead atoms. The molecule has 25 heavy (non-hydrogen) atoms. The van der Waals surface area contributed by atoms with E-state index in [4.69, 9.17) is 11.6 Å². The number of Topliss-reactive ketones (excluding diaryl/α,β-unsaturated/α-hetero) is 1. The third kappa shape index (κ3) is 3.28. The first-order valence-corrected chi connectivity index (χ1v) is 8.25. The Hall–Kier alpha value is -2.66. The summed E-state index contributed by atoms with van der Waals surface area (Å²) in [6.45, 7) is 4.00. The van der Waals surface area contributed by atoms with E-state index in [2.05, 4.69) is 9.97 Å². The van der Waals surface area contributed by atoms with Crippen molar-refractivity contribution in [1.82, 2.24) is 9.97 Å². The Labute approximate surface area is 149 Å². The maximum Gasteiger partial charge on any atom is 0.319 e. The summed E-state index contributed by atoms with van der Waals surface area (Å²) in [7, 11) is 0. The fourth-order valence-corrected chi connectivity index (χ4v) is 3.01. The lowest BCUT2D eigenvalue weighted by molar-refractivity contribution is -0.137. The number of carbonyl (C=O) groups is 2. The van der Waals surface area contributed by atoms with Gasteiger partial charge in [-0.05, 0) is 41.3 Å². The Morgan fingerprint density at radius 1 is 1.20 bits per heavy atom. The van der Waals surface area contributed by atoms with Crippen molar-refractivity contribution in [2.75, 3.05) is 0 Å². The zero-order chi connectivity index (χ0) is 18.1. The molecule has 2 N–H and O–H groups in total. The number of carbonyl (C=O) groups excluding carboxylic acids is 1. The number of carboxylic acid groups (broad SMARTS) is 1. The van der Waals surface area contributed by atoms with Gasteiger partial charge in [0, 0.05) is 28.3 Å². The van der Waals surface area contributed by atoms with Crippen molar-refractivity contribution in [3.05, 3.63) is 64.6 Å². The minimum Gasteiger partial charge on any atom is -0.480 e. The molecule has 0 aliphatic rings. The van der Waals surface area contributed by atoms with Gasteiger partial charge < -0.3 is 10.1 Å². The number of fused-ring (bicyclic) bond motifs is 1. The van der Waals surface area contributed by atoms with Crippen LogP contribution in [0.5, 0.6) is 0 Å². The number of hydrogen-bond acceptors (Lipinski definition) is 3. The fraction of sp³-hybridized carbons (Fsp3) is 0.211. The number of aromatic amines is 1. The van der Waals surface area contributed by atoms with Crippen LogP contribution in [-0.2, 0) is 4.79 Å². The van der Waals surface area contributed by atoms with Gasteiger partial charge in [0.05, 0.1) is 0 Å². The van der Waals surface area contributed by atoms with Crippen molar-refractivity contribution >= 4 is 34.3 Å². The number of carboxylic acids is 1. The summed E-state index contributed by atoms with van der Waals surface area (Å²) in [5, 5.41) is 10.9. The van der Waals surface area contributed by atoms with E-state index < -0.39 is 17.7 Å². The number of pyridine rings is 1. The van der Waals surface area contributed by atoms with Crippen molar-refractivity contribution in [2.45, 2.75) is 25.7 Å². The van der Waals surface area contributed by atoms with Gasteiger partial charge in [-0.25, -0.2) is 0 Å². The lowest BCUT2D eigenvalue weighted by atomic mass is 9.91. The maximum absolute atomic E-state index is 12.9. The van der Waals surface area contributed by atoms with E-state index in [-0.39, 0.29) is 11.6 Å². The van der Waals surface area contributed by atoms with Gasteiger partial charge in [-0.1, -0.05) is 31.5 Å². The second-order valence-corrected chi connectivity index (χ2v) is 6.63. The SMILES string of the molecule is CC(C)c1ccnc(C(=O)C(C(=O)O)c2c[nH]c3cc(Cl)ccc23)c1. The highest BCUT2D eigenvalue weighted by atomic mass is 35.5. The molecule has 0 saturated heterocycles. The summed E-state index contributed by atoms with van der Waals surface area (Å²) < 4.78 is 0. The predicted octanol–water partition coefficient (Wildman–Crippen LogP) is 4.39. The smallest absolute Gasteiger partial charge is 0.319 e. The zero-order valence-electron chi connectivity index (χ0n) is 13.8. The highest BCUT2D eigenvalue weighted by Gasteiger charge is 2.32. The van der Waals surface area contributed by atoms with Crippen LogP contribution in [0.1, 0.15) is 47.3 Å². The van der Waals surface area contributed by atoms with E-state index in [0.717, 1.165) is 5.56 Å². The second kappa shape index (κ2) is 6.69. The summed E-state index contributed by atoms with van der Waals surface area (Å²) in [6.07, 6.45) is 3.08. The van der Waals surface area contributed by atoms with Crippen molar-refractivity contribution in [3.8, 4) is 0 Å². The van der Waals surface area contributed by atoms with Gasteiger partial charge in [-0.3, -0.25) is 14.6 Å². The van der Waals surface area contributed by atoms with Crippen LogP contribution in [0, 0.1) is 0 Å². The van der Waals surface area contributed by atoms with Gasteiger partial charge in [-0.15, -0.1) is 0 Å². The van der Waals surface area contributed by atoms with Gasteiger partial charge in [-0.2, -0.15) is 0 Å². The molecule has 0 aliphatic heterocycles. The molecule has 6 heteroatoms. The Balaban J connectivity index is 2.08.